The Morgan fingerprint density at radius 3 is 2.45 bits per heavy atom. The molecule has 3 aromatic rings. The molecule has 2 aliphatic heterocycles. The molecule has 0 saturated carbocycles. The van der Waals surface area contributed by atoms with Gasteiger partial charge in [0.15, 0.2) is 0 Å². The summed E-state index contributed by atoms with van der Waals surface area (Å²) in [5, 5.41) is 3.98. The van der Waals surface area contributed by atoms with Gasteiger partial charge in [-0.05, 0) is 49.4 Å². The van der Waals surface area contributed by atoms with Gasteiger partial charge in [-0.3, -0.25) is 14.4 Å². The molecule has 1 spiro atoms. The number of aromatic nitrogens is 1. The molecule has 0 bridgehead atoms. The van der Waals surface area contributed by atoms with Gasteiger partial charge in [0.2, 0.25) is 17.7 Å². The minimum absolute atomic E-state index is 0.0725. The minimum Gasteiger partial charge on any atom is -0.361 e. The number of hydrogen-bond donors (Lipinski definition) is 3. The summed E-state index contributed by atoms with van der Waals surface area (Å²) >= 11 is 0. The molecule has 8 heteroatoms. The van der Waals surface area contributed by atoms with Crippen molar-refractivity contribution in [3.8, 4) is 0 Å². The van der Waals surface area contributed by atoms with E-state index in [9.17, 15) is 14.4 Å². The second kappa shape index (κ2) is 9.91. The summed E-state index contributed by atoms with van der Waals surface area (Å²) < 4.78 is 0. The van der Waals surface area contributed by atoms with Crippen LogP contribution >= 0.6 is 0 Å². The normalized spacial score (nSPS) is 17.8. The number of likely N-dealkylation sites (tertiary alicyclic amines) is 1. The van der Waals surface area contributed by atoms with Crippen molar-refractivity contribution in [3.63, 3.8) is 0 Å². The fraction of sp³-hybridized carbons (Fsp3) is 0.433. The number of carbonyl (C=O) groups excluding carboxylic acids is 3. The van der Waals surface area contributed by atoms with Crippen LogP contribution in [0.15, 0.2) is 54.7 Å². The molecular weight excluding hydrogens is 478 g/mol. The lowest BCUT2D eigenvalue weighted by Crippen LogP contribution is -2.59. The smallest absolute Gasteiger partial charge is 0.245 e. The van der Waals surface area contributed by atoms with Crippen LogP contribution in [0.3, 0.4) is 0 Å². The van der Waals surface area contributed by atoms with E-state index in [2.05, 4.69) is 28.5 Å². The Labute approximate surface area is 223 Å². The summed E-state index contributed by atoms with van der Waals surface area (Å²) in [5.41, 5.74) is 9.23. The van der Waals surface area contributed by atoms with Crippen LogP contribution < -0.4 is 11.1 Å². The number of piperidine rings is 1. The maximum absolute atomic E-state index is 13.9. The average Bonchev–Trinajstić information content (AvgIpc) is 3.30. The fourth-order valence-corrected chi connectivity index (χ4v) is 5.98. The minimum atomic E-state index is -1.10. The Morgan fingerprint density at radius 1 is 1.05 bits per heavy atom. The highest BCUT2D eigenvalue weighted by molar-refractivity contribution is 5.92. The zero-order chi connectivity index (χ0) is 27.1. The lowest BCUT2D eigenvalue weighted by atomic mass is 9.68. The van der Waals surface area contributed by atoms with Crippen molar-refractivity contribution in [1.82, 2.24) is 20.1 Å². The predicted octanol–water partition coefficient (Wildman–Crippen LogP) is 2.86. The number of H-pyrrole nitrogens is 1. The Bertz CT molecular complexity index is 1360. The monoisotopic (exact) mass is 515 g/mol. The lowest BCUT2D eigenvalue weighted by molar-refractivity contribution is -0.139. The highest BCUT2D eigenvalue weighted by atomic mass is 16.2. The summed E-state index contributed by atoms with van der Waals surface area (Å²) in [6, 6.07) is 15.6. The first-order chi connectivity index (χ1) is 18.1. The molecular formula is C30H37N5O3. The number of benzene rings is 2. The van der Waals surface area contributed by atoms with Gasteiger partial charge in [-0.1, -0.05) is 42.5 Å². The van der Waals surface area contributed by atoms with Gasteiger partial charge < -0.3 is 25.8 Å². The molecule has 0 aliphatic carbocycles. The molecule has 0 radical (unpaired) electrons. The zero-order valence-electron chi connectivity index (χ0n) is 22.4. The first kappa shape index (κ1) is 26.0. The molecule has 200 valence electrons. The lowest BCUT2D eigenvalue weighted by Gasteiger charge is -2.49. The van der Waals surface area contributed by atoms with E-state index in [0.717, 1.165) is 29.3 Å². The number of aromatic amines is 1. The van der Waals surface area contributed by atoms with E-state index in [1.54, 1.807) is 20.8 Å². The topological polar surface area (TPSA) is 112 Å². The molecule has 4 N–H and O–H groups in total. The molecule has 5 rings (SSSR count). The van der Waals surface area contributed by atoms with Crippen LogP contribution in [0.25, 0.3) is 10.9 Å². The summed E-state index contributed by atoms with van der Waals surface area (Å²) in [6.45, 7) is 7.32. The van der Waals surface area contributed by atoms with Crippen LogP contribution in [0.2, 0.25) is 0 Å². The van der Waals surface area contributed by atoms with Gasteiger partial charge in [-0.2, -0.15) is 0 Å². The van der Waals surface area contributed by atoms with Crippen LogP contribution in [-0.2, 0) is 32.8 Å². The van der Waals surface area contributed by atoms with Crippen LogP contribution in [0.1, 0.15) is 50.3 Å². The third-order valence-corrected chi connectivity index (χ3v) is 8.21. The molecule has 1 fully saturated rings. The third kappa shape index (κ3) is 4.92. The Kier molecular flexibility index (Phi) is 6.77. The highest BCUT2D eigenvalue weighted by Crippen LogP contribution is 2.42. The number of rotatable bonds is 5. The quantitative estimate of drug-likeness (QED) is 0.485. The Hall–Kier alpha value is -3.65. The van der Waals surface area contributed by atoms with Crippen LogP contribution in [-0.4, -0.2) is 63.7 Å². The molecule has 2 aromatic carbocycles. The number of nitrogens with zero attached hydrogens (tertiary/aromatic N) is 2. The van der Waals surface area contributed by atoms with E-state index in [4.69, 9.17) is 5.73 Å². The van der Waals surface area contributed by atoms with Crippen molar-refractivity contribution in [2.75, 3.05) is 19.6 Å². The Balaban J connectivity index is 1.37. The van der Waals surface area contributed by atoms with Gasteiger partial charge in [-0.25, -0.2) is 0 Å². The SMILES string of the molecule is CC(=O)N1Cc2ccccc2C2(CCN(C(=O)C(Cc3c[nH]c4ccccc34)NC(=O)C(C)(C)N)CC2)C1. The van der Waals surface area contributed by atoms with Crippen molar-refractivity contribution >= 4 is 28.6 Å². The van der Waals surface area contributed by atoms with Crippen molar-refractivity contribution in [2.24, 2.45) is 5.73 Å². The zero-order valence-corrected chi connectivity index (χ0v) is 22.4. The van der Waals surface area contributed by atoms with Crippen LogP contribution in [0, 0.1) is 0 Å². The van der Waals surface area contributed by atoms with Gasteiger partial charge in [0, 0.05) is 62.0 Å². The van der Waals surface area contributed by atoms with Crippen molar-refractivity contribution < 1.29 is 14.4 Å². The van der Waals surface area contributed by atoms with Gasteiger partial charge in [0.25, 0.3) is 0 Å². The first-order valence-corrected chi connectivity index (χ1v) is 13.3. The second-order valence-electron chi connectivity index (χ2n) is 11.4. The number of nitrogens with two attached hydrogens (primary N) is 1. The summed E-state index contributed by atoms with van der Waals surface area (Å²) in [4.78, 5) is 46.2. The van der Waals surface area contributed by atoms with E-state index in [1.807, 2.05) is 46.3 Å². The van der Waals surface area contributed by atoms with Gasteiger partial charge in [0.05, 0.1) is 5.54 Å². The Morgan fingerprint density at radius 2 is 1.74 bits per heavy atom. The molecule has 1 atom stereocenters. The summed E-state index contributed by atoms with van der Waals surface area (Å²) in [7, 11) is 0. The van der Waals surface area contributed by atoms with E-state index in [1.165, 1.54) is 11.1 Å². The molecule has 1 saturated heterocycles. The van der Waals surface area contributed by atoms with Crippen molar-refractivity contribution in [2.45, 2.75) is 63.6 Å². The van der Waals surface area contributed by atoms with E-state index >= 15 is 0 Å². The molecule has 3 amide bonds. The van der Waals surface area contributed by atoms with E-state index in [-0.39, 0.29) is 23.1 Å². The molecule has 38 heavy (non-hydrogen) atoms. The molecule has 2 aliphatic rings. The largest absolute Gasteiger partial charge is 0.361 e. The highest BCUT2D eigenvalue weighted by Gasteiger charge is 2.44. The van der Waals surface area contributed by atoms with Crippen LogP contribution in [0.4, 0.5) is 0 Å². The number of nitrogens with one attached hydrogen (secondary N) is 2. The van der Waals surface area contributed by atoms with Gasteiger partial charge in [0.1, 0.15) is 6.04 Å². The second-order valence-corrected chi connectivity index (χ2v) is 11.4. The number of amides is 3. The number of carbonyl (C=O) groups is 3. The van der Waals surface area contributed by atoms with Crippen molar-refractivity contribution in [3.05, 3.63) is 71.4 Å². The van der Waals surface area contributed by atoms with E-state index < -0.39 is 11.6 Å². The molecule has 1 aromatic heterocycles. The van der Waals surface area contributed by atoms with Crippen LogP contribution in [0.5, 0.6) is 0 Å². The summed E-state index contributed by atoms with van der Waals surface area (Å²) in [6.07, 6.45) is 3.80. The van der Waals surface area contributed by atoms with Crippen molar-refractivity contribution in [1.29, 1.82) is 0 Å². The summed E-state index contributed by atoms with van der Waals surface area (Å²) in [5.74, 6) is -0.388. The maximum atomic E-state index is 13.9. The van der Waals surface area contributed by atoms with Gasteiger partial charge in [-0.15, -0.1) is 0 Å². The molecule has 8 nitrogen and oxygen atoms in total. The van der Waals surface area contributed by atoms with E-state index in [0.29, 0.717) is 32.6 Å². The van der Waals surface area contributed by atoms with Gasteiger partial charge >= 0.3 is 0 Å². The maximum Gasteiger partial charge on any atom is 0.245 e. The fourth-order valence-electron chi connectivity index (χ4n) is 5.98. The molecule has 1 unspecified atom stereocenters. The first-order valence-electron chi connectivity index (χ1n) is 13.3. The standard InChI is InChI=1S/C30H37N5O3/c1-20(36)35-18-21-8-4-6-10-24(21)30(19-35)12-14-34(15-13-30)27(37)26(33-28(38)29(2,3)31)16-22-17-32-25-11-7-5-9-23(22)25/h4-11,17,26,32H,12-16,18-19,31H2,1-3H3,(H,33,38). The average molecular weight is 516 g/mol. The third-order valence-electron chi connectivity index (χ3n) is 8.21. The number of para-hydroxylation sites is 1. The molecule has 3 heterocycles. The number of hydrogen-bond acceptors (Lipinski definition) is 4. The predicted molar refractivity (Wildman–Crippen MR) is 147 cm³/mol. The number of fused-ring (bicyclic) bond motifs is 3.